The fourth-order valence-corrected chi connectivity index (χ4v) is 5.66. The van der Waals surface area contributed by atoms with E-state index in [4.69, 9.17) is 0 Å². The molecule has 1 aromatic rings. The molecule has 4 rings (SSSR count). The molecule has 27 heavy (non-hydrogen) atoms. The minimum absolute atomic E-state index is 0.898. The Morgan fingerprint density at radius 1 is 0.778 bits per heavy atom. The lowest BCUT2D eigenvalue weighted by molar-refractivity contribution is 0.177. The van der Waals surface area contributed by atoms with Crippen LogP contribution in [0.5, 0.6) is 0 Å². The molecular weight excluding hydrogens is 330 g/mol. The second-order valence-electron chi connectivity index (χ2n) is 9.31. The molecule has 3 fully saturated rings. The van der Waals surface area contributed by atoms with Crippen molar-refractivity contribution in [3.8, 4) is 0 Å². The highest BCUT2D eigenvalue weighted by Gasteiger charge is 2.38. The molecule has 0 aromatic heterocycles. The molecule has 150 valence electrons. The number of benzene rings is 1. The van der Waals surface area contributed by atoms with Crippen molar-refractivity contribution in [1.82, 2.24) is 14.7 Å². The van der Waals surface area contributed by atoms with Crippen molar-refractivity contribution < 1.29 is 0 Å². The number of rotatable bonds is 8. The van der Waals surface area contributed by atoms with Crippen LogP contribution in [0.2, 0.25) is 0 Å². The Hall–Kier alpha value is -0.900. The minimum atomic E-state index is 0.898. The summed E-state index contributed by atoms with van der Waals surface area (Å²) in [5.74, 6) is 2.83. The zero-order chi connectivity index (χ0) is 18.5. The van der Waals surface area contributed by atoms with Crippen molar-refractivity contribution in [2.45, 2.75) is 39.0 Å². The molecule has 3 nitrogen and oxygen atoms in total. The lowest BCUT2D eigenvalue weighted by Gasteiger charge is -2.32. The van der Waals surface area contributed by atoms with Gasteiger partial charge in [0.1, 0.15) is 0 Å². The topological polar surface area (TPSA) is 9.72 Å². The quantitative estimate of drug-likeness (QED) is 0.648. The second-order valence-corrected chi connectivity index (χ2v) is 9.31. The van der Waals surface area contributed by atoms with Crippen molar-refractivity contribution in [1.29, 1.82) is 0 Å². The van der Waals surface area contributed by atoms with E-state index in [1.807, 2.05) is 0 Å². The maximum atomic E-state index is 2.76. The van der Waals surface area contributed by atoms with Crippen molar-refractivity contribution in [2.24, 2.45) is 17.8 Å². The summed E-state index contributed by atoms with van der Waals surface area (Å²) in [6.07, 6.45) is 6.83. The predicted molar refractivity (Wildman–Crippen MR) is 114 cm³/mol. The van der Waals surface area contributed by atoms with Crippen molar-refractivity contribution in [2.75, 3.05) is 58.9 Å². The van der Waals surface area contributed by atoms with Crippen molar-refractivity contribution in [3.63, 3.8) is 0 Å². The van der Waals surface area contributed by atoms with E-state index in [-0.39, 0.29) is 0 Å². The highest BCUT2D eigenvalue weighted by molar-refractivity contribution is 5.15. The zero-order valence-electron chi connectivity index (χ0n) is 17.4. The Morgan fingerprint density at radius 2 is 1.37 bits per heavy atom. The highest BCUT2D eigenvalue weighted by atomic mass is 15.2. The van der Waals surface area contributed by atoms with Crippen LogP contribution in [0.3, 0.4) is 0 Å². The molecule has 0 N–H and O–H groups in total. The molecule has 3 heterocycles. The lowest BCUT2D eigenvalue weighted by Crippen LogP contribution is -2.35. The van der Waals surface area contributed by atoms with Gasteiger partial charge in [-0.15, -0.1) is 0 Å². The monoisotopic (exact) mass is 369 g/mol. The Balaban J connectivity index is 1.06. The largest absolute Gasteiger partial charge is 0.303 e. The van der Waals surface area contributed by atoms with E-state index in [0.717, 1.165) is 17.8 Å². The molecule has 0 aliphatic carbocycles. The molecule has 3 aliphatic heterocycles. The van der Waals surface area contributed by atoms with Crippen LogP contribution in [0.4, 0.5) is 0 Å². The van der Waals surface area contributed by atoms with Gasteiger partial charge in [-0.05, 0) is 88.1 Å². The molecule has 0 radical (unpaired) electrons. The predicted octanol–water partition coefficient (Wildman–Crippen LogP) is 3.60. The fraction of sp³-hybridized carbons (Fsp3) is 0.750. The molecule has 0 saturated carbocycles. The summed E-state index contributed by atoms with van der Waals surface area (Å²) in [6, 6.07) is 11.1. The summed E-state index contributed by atoms with van der Waals surface area (Å²) >= 11 is 0. The molecule has 3 heteroatoms. The van der Waals surface area contributed by atoms with Gasteiger partial charge in [0.2, 0.25) is 0 Å². The SMILES string of the molecule is CCN1CC2CN(CCCCN3CCC(Cc4ccccc4)CC3)CC2C1. The average molecular weight is 370 g/mol. The summed E-state index contributed by atoms with van der Waals surface area (Å²) in [6.45, 7) is 14.3. The second kappa shape index (κ2) is 9.54. The smallest absolute Gasteiger partial charge is 0.00256 e. The van der Waals surface area contributed by atoms with E-state index in [1.54, 1.807) is 0 Å². The van der Waals surface area contributed by atoms with Crippen LogP contribution in [0.15, 0.2) is 30.3 Å². The summed E-state index contributed by atoms with van der Waals surface area (Å²) in [5, 5.41) is 0. The van der Waals surface area contributed by atoms with Gasteiger partial charge in [-0.1, -0.05) is 37.3 Å². The van der Waals surface area contributed by atoms with Gasteiger partial charge in [0.05, 0.1) is 0 Å². The zero-order valence-corrected chi connectivity index (χ0v) is 17.4. The molecule has 0 bridgehead atoms. The van der Waals surface area contributed by atoms with Crippen molar-refractivity contribution >= 4 is 0 Å². The third-order valence-corrected chi connectivity index (χ3v) is 7.36. The first kappa shape index (κ1) is 19.4. The lowest BCUT2D eigenvalue weighted by atomic mass is 9.90. The van der Waals surface area contributed by atoms with Crippen LogP contribution in [0.25, 0.3) is 0 Å². The van der Waals surface area contributed by atoms with Gasteiger partial charge in [0.25, 0.3) is 0 Å². The minimum Gasteiger partial charge on any atom is -0.303 e. The first-order valence-electron chi connectivity index (χ1n) is 11.5. The van der Waals surface area contributed by atoms with Crippen LogP contribution in [0, 0.1) is 17.8 Å². The molecular formula is C24H39N3. The van der Waals surface area contributed by atoms with E-state index in [2.05, 4.69) is 52.0 Å². The Bertz CT molecular complexity index is 538. The fourth-order valence-electron chi connectivity index (χ4n) is 5.66. The summed E-state index contributed by atoms with van der Waals surface area (Å²) in [5.41, 5.74) is 1.52. The number of hydrogen-bond donors (Lipinski definition) is 0. The van der Waals surface area contributed by atoms with Gasteiger partial charge in [-0.25, -0.2) is 0 Å². The van der Waals surface area contributed by atoms with Gasteiger partial charge >= 0.3 is 0 Å². The maximum Gasteiger partial charge on any atom is 0.00256 e. The van der Waals surface area contributed by atoms with E-state index in [0.29, 0.717) is 0 Å². The molecule has 3 saturated heterocycles. The van der Waals surface area contributed by atoms with Crippen LogP contribution in [-0.2, 0) is 6.42 Å². The maximum absolute atomic E-state index is 2.76. The van der Waals surface area contributed by atoms with E-state index in [9.17, 15) is 0 Å². The van der Waals surface area contributed by atoms with Crippen LogP contribution < -0.4 is 0 Å². The van der Waals surface area contributed by atoms with E-state index < -0.39 is 0 Å². The molecule has 2 atom stereocenters. The number of fused-ring (bicyclic) bond motifs is 1. The number of likely N-dealkylation sites (tertiary alicyclic amines) is 3. The summed E-state index contributed by atoms with van der Waals surface area (Å²) in [4.78, 5) is 8.13. The molecule has 2 unspecified atom stereocenters. The normalized spacial score (nSPS) is 28.0. The number of hydrogen-bond acceptors (Lipinski definition) is 3. The number of unbranched alkanes of at least 4 members (excludes halogenated alkanes) is 1. The van der Waals surface area contributed by atoms with Gasteiger partial charge in [-0.2, -0.15) is 0 Å². The molecule has 0 spiro atoms. The van der Waals surface area contributed by atoms with Gasteiger partial charge in [0, 0.05) is 26.2 Å². The standard InChI is InChI=1S/C24H39N3/c1-2-25-17-23-19-27(20-24(23)18-25)13-7-6-12-26-14-10-22(11-15-26)16-21-8-4-3-5-9-21/h3-5,8-9,22-24H,2,6-7,10-20H2,1H3. The van der Waals surface area contributed by atoms with Gasteiger partial charge in [0.15, 0.2) is 0 Å². The number of piperidine rings is 1. The third-order valence-electron chi connectivity index (χ3n) is 7.36. The third kappa shape index (κ3) is 5.34. The molecule has 3 aliphatic rings. The summed E-state index contributed by atoms with van der Waals surface area (Å²) in [7, 11) is 0. The first-order valence-corrected chi connectivity index (χ1v) is 11.5. The van der Waals surface area contributed by atoms with Crippen LogP contribution in [0.1, 0.15) is 38.2 Å². The van der Waals surface area contributed by atoms with Crippen LogP contribution in [-0.4, -0.2) is 73.6 Å². The van der Waals surface area contributed by atoms with E-state index >= 15 is 0 Å². The van der Waals surface area contributed by atoms with Gasteiger partial charge in [-0.3, -0.25) is 0 Å². The molecule has 0 amide bonds. The van der Waals surface area contributed by atoms with Gasteiger partial charge < -0.3 is 14.7 Å². The summed E-state index contributed by atoms with van der Waals surface area (Å²) < 4.78 is 0. The Kier molecular flexibility index (Phi) is 6.86. The van der Waals surface area contributed by atoms with E-state index in [1.165, 1.54) is 96.6 Å². The first-order chi connectivity index (χ1) is 13.3. The average Bonchev–Trinajstić information content (AvgIpc) is 3.25. The van der Waals surface area contributed by atoms with Crippen molar-refractivity contribution in [3.05, 3.63) is 35.9 Å². The van der Waals surface area contributed by atoms with Crippen LogP contribution >= 0.6 is 0 Å². The highest BCUT2D eigenvalue weighted by Crippen LogP contribution is 2.30. The Labute approximate surface area is 166 Å². The Morgan fingerprint density at radius 3 is 2.00 bits per heavy atom. The molecule has 1 aromatic carbocycles. The number of nitrogens with zero attached hydrogens (tertiary/aromatic N) is 3.